The van der Waals surface area contributed by atoms with Gasteiger partial charge in [-0.15, -0.1) is 0 Å². The molecule has 2 aromatic carbocycles. The van der Waals surface area contributed by atoms with Crippen molar-refractivity contribution in [3.05, 3.63) is 92.6 Å². The maximum atomic E-state index is 5.72. The number of rotatable bonds is 7. The van der Waals surface area contributed by atoms with Crippen molar-refractivity contribution in [3.8, 4) is 0 Å². The van der Waals surface area contributed by atoms with E-state index in [0.29, 0.717) is 0 Å². The molecule has 0 amide bonds. The number of hydrogen-bond acceptors (Lipinski definition) is 2. The molecular formula is C21H28N3+. The fourth-order valence-electron chi connectivity index (χ4n) is 2.52. The van der Waals surface area contributed by atoms with E-state index in [1.165, 1.54) is 5.69 Å². The zero-order valence-corrected chi connectivity index (χ0v) is 14.3. The van der Waals surface area contributed by atoms with Crippen molar-refractivity contribution >= 4 is 17.1 Å². The Labute approximate surface area is 145 Å². The van der Waals surface area contributed by atoms with E-state index in [4.69, 9.17) is 11.5 Å². The summed E-state index contributed by atoms with van der Waals surface area (Å²) in [4.78, 5) is 0. The van der Waals surface area contributed by atoms with E-state index in [2.05, 4.69) is 31.9 Å². The van der Waals surface area contributed by atoms with Gasteiger partial charge in [0.05, 0.1) is 0 Å². The molecule has 0 bridgehead atoms. The van der Waals surface area contributed by atoms with E-state index >= 15 is 0 Å². The molecule has 2 rings (SSSR count). The van der Waals surface area contributed by atoms with Crippen LogP contribution in [-0.2, 0) is 0 Å². The Morgan fingerprint density at radius 3 is 1.42 bits per heavy atom. The molecule has 3 nitrogen and oxygen atoms in total. The first kappa shape index (κ1) is 19.3. The van der Waals surface area contributed by atoms with Crippen LogP contribution in [0.1, 0.15) is 0 Å². The number of benzene rings is 2. The van der Waals surface area contributed by atoms with Crippen molar-refractivity contribution in [2.24, 2.45) is 0 Å². The highest BCUT2D eigenvalue weighted by molar-refractivity contribution is 5.51. The summed E-state index contributed by atoms with van der Waals surface area (Å²) in [6, 6.07) is 17.5. The molecular weight excluding hydrogens is 294 g/mol. The van der Waals surface area contributed by atoms with Crippen LogP contribution in [0.3, 0.4) is 0 Å². The van der Waals surface area contributed by atoms with Crippen LogP contribution in [0.5, 0.6) is 0 Å². The van der Waals surface area contributed by atoms with E-state index in [1.54, 1.807) is 0 Å². The Kier molecular flexibility index (Phi) is 8.09. The standard InChI is InChI=1S/C15H21N2.C6H7N/c1-4-11-17(12-5-2,13-6-3)15-9-7-14(16)8-10-15;7-6-4-2-1-3-5-6/h4-10H,1-3,11-13,16H2;1-5H,7H2/q+1;. The predicted octanol–water partition coefficient (Wildman–Crippen LogP) is 4.40. The molecule has 0 atom stereocenters. The van der Waals surface area contributed by atoms with Crippen molar-refractivity contribution in [2.75, 3.05) is 31.1 Å². The minimum atomic E-state index is 0.761. The molecule has 4 N–H and O–H groups in total. The van der Waals surface area contributed by atoms with Crippen molar-refractivity contribution in [1.82, 2.24) is 4.48 Å². The molecule has 0 radical (unpaired) electrons. The van der Waals surface area contributed by atoms with Gasteiger partial charge in [0, 0.05) is 23.5 Å². The summed E-state index contributed by atoms with van der Waals surface area (Å²) < 4.78 is 0.761. The number of hydrogen-bond donors (Lipinski definition) is 2. The lowest BCUT2D eigenvalue weighted by Gasteiger charge is -2.35. The third-order valence-electron chi connectivity index (χ3n) is 3.68. The molecule has 0 heterocycles. The van der Waals surface area contributed by atoms with Gasteiger partial charge in [-0.05, 0) is 42.5 Å². The van der Waals surface area contributed by atoms with E-state index in [0.717, 1.165) is 35.5 Å². The summed E-state index contributed by atoms with van der Waals surface area (Å²) in [7, 11) is 0. The number of nitrogens with two attached hydrogens (primary N) is 2. The van der Waals surface area contributed by atoms with Gasteiger partial charge in [0.2, 0.25) is 0 Å². The van der Waals surface area contributed by atoms with Gasteiger partial charge in [-0.2, -0.15) is 0 Å². The van der Waals surface area contributed by atoms with Gasteiger partial charge in [-0.1, -0.05) is 37.9 Å². The highest BCUT2D eigenvalue weighted by Gasteiger charge is 2.26. The second-order valence-electron chi connectivity index (χ2n) is 5.56. The van der Waals surface area contributed by atoms with Crippen molar-refractivity contribution in [1.29, 1.82) is 0 Å². The smallest absolute Gasteiger partial charge is 0.133 e. The molecule has 0 aliphatic rings. The molecule has 0 saturated heterocycles. The van der Waals surface area contributed by atoms with E-state index < -0.39 is 0 Å². The summed E-state index contributed by atoms with van der Waals surface area (Å²) >= 11 is 0. The monoisotopic (exact) mass is 322 g/mol. The number of para-hydroxylation sites is 1. The lowest BCUT2D eigenvalue weighted by Crippen LogP contribution is -2.49. The zero-order chi connectivity index (χ0) is 17.8. The van der Waals surface area contributed by atoms with Gasteiger partial charge in [0.1, 0.15) is 25.3 Å². The fourth-order valence-corrected chi connectivity index (χ4v) is 2.52. The minimum Gasteiger partial charge on any atom is -0.399 e. The largest absolute Gasteiger partial charge is 0.399 e. The summed E-state index contributed by atoms with van der Waals surface area (Å²) in [5.74, 6) is 0. The molecule has 24 heavy (non-hydrogen) atoms. The minimum absolute atomic E-state index is 0.761. The molecule has 0 aliphatic carbocycles. The molecule has 2 aromatic rings. The van der Waals surface area contributed by atoms with E-state index in [1.807, 2.05) is 60.7 Å². The van der Waals surface area contributed by atoms with Crippen molar-refractivity contribution in [3.63, 3.8) is 0 Å². The van der Waals surface area contributed by atoms with Crippen LogP contribution in [0.2, 0.25) is 0 Å². The second-order valence-corrected chi connectivity index (χ2v) is 5.56. The maximum absolute atomic E-state index is 5.72. The summed E-state index contributed by atoms with van der Waals surface area (Å²) in [6.07, 6.45) is 5.80. The summed E-state index contributed by atoms with van der Waals surface area (Å²) in [5, 5.41) is 0. The lowest BCUT2D eigenvalue weighted by atomic mass is 10.2. The van der Waals surface area contributed by atoms with Crippen LogP contribution in [-0.4, -0.2) is 19.6 Å². The maximum Gasteiger partial charge on any atom is 0.133 e. The highest BCUT2D eigenvalue weighted by Crippen LogP contribution is 2.24. The van der Waals surface area contributed by atoms with Gasteiger partial charge in [0.15, 0.2) is 0 Å². The van der Waals surface area contributed by atoms with Crippen LogP contribution < -0.4 is 16.0 Å². The van der Waals surface area contributed by atoms with Gasteiger partial charge < -0.3 is 11.5 Å². The molecule has 0 saturated carbocycles. The van der Waals surface area contributed by atoms with Gasteiger partial charge in [-0.3, -0.25) is 4.48 Å². The van der Waals surface area contributed by atoms with Crippen LogP contribution >= 0.6 is 0 Å². The van der Waals surface area contributed by atoms with Crippen LogP contribution in [0.4, 0.5) is 17.1 Å². The normalized spacial score (nSPS) is 10.2. The number of quaternary nitrogens is 1. The Balaban J connectivity index is 0.000000341. The number of nitrogen functional groups attached to an aromatic ring is 2. The van der Waals surface area contributed by atoms with Crippen LogP contribution in [0.15, 0.2) is 92.6 Å². The van der Waals surface area contributed by atoms with Gasteiger partial charge in [0.25, 0.3) is 0 Å². The highest BCUT2D eigenvalue weighted by atomic mass is 15.3. The fraction of sp³-hybridized carbons (Fsp3) is 0.143. The molecule has 126 valence electrons. The Hall–Kier alpha value is -2.78. The Morgan fingerprint density at radius 1 is 0.667 bits per heavy atom. The van der Waals surface area contributed by atoms with Crippen molar-refractivity contribution in [2.45, 2.75) is 0 Å². The molecule has 0 fully saturated rings. The third kappa shape index (κ3) is 5.78. The number of anilines is 2. The summed E-state index contributed by atoms with van der Waals surface area (Å²) in [6.45, 7) is 14.1. The number of nitrogens with zero attached hydrogens (tertiary/aromatic N) is 1. The first-order chi connectivity index (χ1) is 11.6. The second kappa shape index (κ2) is 10.1. The van der Waals surface area contributed by atoms with Crippen LogP contribution in [0.25, 0.3) is 0 Å². The molecule has 3 heteroatoms. The van der Waals surface area contributed by atoms with Crippen LogP contribution in [0, 0.1) is 0 Å². The molecule has 0 aromatic heterocycles. The average Bonchev–Trinajstić information content (AvgIpc) is 2.57. The van der Waals surface area contributed by atoms with Gasteiger partial charge >= 0.3 is 0 Å². The van der Waals surface area contributed by atoms with Gasteiger partial charge in [-0.25, -0.2) is 0 Å². The Bertz CT molecular complexity index is 603. The topological polar surface area (TPSA) is 52.0 Å². The lowest BCUT2D eigenvalue weighted by molar-refractivity contribution is 0.365. The zero-order valence-electron chi connectivity index (χ0n) is 14.3. The Morgan fingerprint density at radius 2 is 1.08 bits per heavy atom. The first-order valence-corrected chi connectivity index (χ1v) is 7.93. The summed E-state index contributed by atoms with van der Waals surface area (Å²) in [5.41, 5.74) is 13.9. The van der Waals surface area contributed by atoms with Crippen molar-refractivity contribution < 1.29 is 0 Å². The first-order valence-electron chi connectivity index (χ1n) is 7.93. The quantitative estimate of drug-likeness (QED) is 0.451. The molecule has 0 aliphatic heterocycles. The van der Waals surface area contributed by atoms with E-state index in [9.17, 15) is 0 Å². The third-order valence-corrected chi connectivity index (χ3v) is 3.68. The molecule has 0 spiro atoms. The molecule has 0 unspecified atom stereocenters. The average molecular weight is 322 g/mol. The van der Waals surface area contributed by atoms with E-state index in [-0.39, 0.29) is 0 Å². The SMILES string of the molecule is C=CC[N+](CC=C)(CC=C)c1ccc(N)cc1.Nc1ccccc1. The predicted molar refractivity (Wildman–Crippen MR) is 109 cm³/mol.